The molecule has 29 heavy (non-hydrogen) atoms. The molecule has 1 aliphatic rings. The zero-order chi connectivity index (χ0) is 20.4. The number of carbonyl (C=O) groups is 1. The van der Waals surface area contributed by atoms with E-state index in [1.165, 1.54) is 0 Å². The fourth-order valence-electron chi connectivity index (χ4n) is 3.13. The van der Waals surface area contributed by atoms with Gasteiger partial charge in [0.05, 0.1) is 12.8 Å². The number of aliphatic imine (C=N–C) groups is 1. The van der Waals surface area contributed by atoms with Crippen LogP contribution in [0.15, 0.2) is 92.4 Å². The first kappa shape index (κ1) is 19.6. The molecule has 0 saturated carbocycles. The molecule has 1 heterocycles. The van der Waals surface area contributed by atoms with Gasteiger partial charge in [-0.15, -0.1) is 0 Å². The van der Waals surface area contributed by atoms with Crippen LogP contribution in [0.25, 0.3) is 6.08 Å². The van der Waals surface area contributed by atoms with E-state index < -0.39 is 0 Å². The van der Waals surface area contributed by atoms with E-state index in [2.05, 4.69) is 31.9 Å². The molecule has 0 aromatic heterocycles. The number of para-hydroxylation sites is 1. The monoisotopic (exact) mass is 510 g/mol. The Balaban J connectivity index is 1.88. The van der Waals surface area contributed by atoms with Crippen molar-refractivity contribution in [3.8, 4) is 5.75 Å². The van der Waals surface area contributed by atoms with Crippen LogP contribution in [0.3, 0.4) is 0 Å². The number of anilines is 1. The Kier molecular flexibility index (Phi) is 5.65. The molecule has 4 nitrogen and oxygen atoms in total. The molecule has 0 fully saturated rings. The van der Waals surface area contributed by atoms with Crippen molar-refractivity contribution in [3.63, 3.8) is 0 Å². The van der Waals surface area contributed by atoms with Gasteiger partial charge in [0, 0.05) is 20.1 Å². The zero-order valence-corrected chi connectivity index (χ0v) is 18.6. The van der Waals surface area contributed by atoms with Crippen LogP contribution in [-0.2, 0) is 4.79 Å². The van der Waals surface area contributed by atoms with Crippen molar-refractivity contribution in [1.29, 1.82) is 0 Å². The lowest BCUT2D eigenvalue weighted by molar-refractivity contribution is -0.113. The summed E-state index contributed by atoms with van der Waals surface area (Å²) in [6.45, 7) is 0. The molecular weight excluding hydrogens is 496 g/mol. The highest BCUT2D eigenvalue weighted by molar-refractivity contribution is 9.10. The molecular formula is C23H16Br2N2O2. The lowest BCUT2D eigenvalue weighted by atomic mass is 10.1. The van der Waals surface area contributed by atoms with E-state index in [1.54, 1.807) is 18.1 Å². The maximum atomic E-state index is 13.4. The van der Waals surface area contributed by atoms with Crippen molar-refractivity contribution in [1.82, 2.24) is 0 Å². The van der Waals surface area contributed by atoms with Crippen molar-refractivity contribution in [2.45, 2.75) is 0 Å². The molecule has 1 aliphatic heterocycles. The maximum Gasteiger partial charge on any atom is 0.282 e. The van der Waals surface area contributed by atoms with Crippen LogP contribution < -0.4 is 9.64 Å². The van der Waals surface area contributed by atoms with Gasteiger partial charge in [0.15, 0.2) is 0 Å². The van der Waals surface area contributed by atoms with E-state index in [4.69, 9.17) is 9.73 Å². The summed E-state index contributed by atoms with van der Waals surface area (Å²) >= 11 is 7.07. The molecule has 144 valence electrons. The second-order valence-electron chi connectivity index (χ2n) is 6.31. The first-order valence-corrected chi connectivity index (χ1v) is 10.5. The van der Waals surface area contributed by atoms with Crippen LogP contribution in [0.1, 0.15) is 11.1 Å². The molecule has 1 amide bonds. The van der Waals surface area contributed by atoms with Gasteiger partial charge in [-0.2, -0.15) is 0 Å². The minimum atomic E-state index is -0.195. The van der Waals surface area contributed by atoms with E-state index in [-0.39, 0.29) is 5.91 Å². The largest absolute Gasteiger partial charge is 0.496 e. The topological polar surface area (TPSA) is 41.9 Å². The van der Waals surface area contributed by atoms with Gasteiger partial charge in [0.25, 0.3) is 5.91 Å². The van der Waals surface area contributed by atoms with Gasteiger partial charge in [0.1, 0.15) is 17.3 Å². The average molecular weight is 512 g/mol. The summed E-state index contributed by atoms with van der Waals surface area (Å²) in [6.07, 6.45) is 1.76. The number of amides is 1. The van der Waals surface area contributed by atoms with Crippen LogP contribution in [0.4, 0.5) is 5.69 Å². The van der Waals surface area contributed by atoms with Crippen LogP contribution in [0.2, 0.25) is 0 Å². The standard InChI is InChI=1S/C23H16Br2N2O2/c1-29-21-12-5-2-7-15(21)13-20-23(28)27(17-9-6-8-16(24)14-17)22(26-20)18-10-3-4-11-19(18)25/h2-14H,1H3/b20-13+. The van der Waals surface area contributed by atoms with Gasteiger partial charge < -0.3 is 4.74 Å². The Morgan fingerprint density at radius 1 is 0.966 bits per heavy atom. The fourth-order valence-corrected chi connectivity index (χ4v) is 3.98. The molecule has 0 radical (unpaired) electrons. The minimum Gasteiger partial charge on any atom is -0.496 e. The third-order valence-corrected chi connectivity index (χ3v) is 5.66. The maximum absolute atomic E-state index is 13.4. The summed E-state index contributed by atoms with van der Waals surface area (Å²) in [5, 5.41) is 0. The predicted octanol–water partition coefficient (Wildman–Crippen LogP) is 6.05. The van der Waals surface area contributed by atoms with Crippen LogP contribution in [0.5, 0.6) is 5.75 Å². The van der Waals surface area contributed by atoms with Crippen molar-refractivity contribution in [3.05, 3.63) is 98.6 Å². The van der Waals surface area contributed by atoms with Crippen LogP contribution in [-0.4, -0.2) is 18.9 Å². The molecule has 0 atom stereocenters. The smallest absolute Gasteiger partial charge is 0.282 e. The number of hydrogen-bond donors (Lipinski definition) is 0. The van der Waals surface area contributed by atoms with E-state index in [0.717, 1.165) is 25.8 Å². The van der Waals surface area contributed by atoms with E-state index >= 15 is 0 Å². The Morgan fingerprint density at radius 3 is 2.48 bits per heavy atom. The molecule has 6 heteroatoms. The Bertz CT molecular complexity index is 1150. The van der Waals surface area contributed by atoms with Crippen molar-refractivity contribution in [2.75, 3.05) is 12.0 Å². The lowest BCUT2D eigenvalue weighted by Crippen LogP contribution is -2.32. The molecule has 3 aromatic rings. The third-order valence-electron chi connectivity index (χ3n) is 4.47. The molecule has 0 saturated heterocycles. The average Bonchev–Trinajstić information content (AvgIpc) is 3.04. The zero-order valence-electron chi connectivity index (χ0n) is 15.5. The summed E-state index contributed by atoms with van der Waals surface area (Å²) in [6, 6.07) is 22.9. The first-order valence-electron chi connectivity index (χ1n) is 8.87. The Labute approximate surface area is 185 Å². The molecule has 4 rings (SSSR count). The molecule has 0 spiro atoms. The highest BCUT2D eigenvalue weighted by Gasteiger charge is 2.33. The number of benzene rings is 3. The molecule has 3 aromatic carbocycles. The number of carbonyl (C=O) groups excluding carboxylic acids is 1. The summed E-state index contributed by atoms with van der Waals surface area (Å²) in [5.74, 6) is 1.06. The number of rotatable bonds is 4. The summed E-state index contributed by atoms with van der Waals surface area (Å²) in [5.41, 5.74) is 2.72. The minimum absolute atomic E-state index is 0.195. The second-order valence-corrected chi connectivity index (χ2v) is 8.08. The normalized spacial score (nSPS) is 15.0. The third kappa shape index (κ3) is 3.91. The number of amidine groups is 1. The molecule has 0 aliphatic carbocycles. The van der Waals surface area contributed by atoms with Gasteiger partial charge in [-0.05, 0) is 36.4 Å². The number of nitrogens with zero attached hydrogens (tertiary/aromatic N) is 2. The van der Waals surface area contributed by atoms with Crippen molar-refractivity contribution >= 4 is 55.4 Å². The van der Waals surface area contributed by atoms with E-state index in [9.17, 15) is 4.79 Å². The van der Waals surface area contributed by atoms with E-state index in [0.29, 0.717) is 17.3 Å². The second kappa shape index (κ2) is 8.35. The SMILES string of the molecule is COc1ccccc1/C=C1/N=C(c2ccccc2Br)N(c2cccc(Br)c2)C1=O. The van der Waals surface area contributed by atoms with Crippen molar-refractivity contribution < 1.29 is 9.53 Å². The van der Waals surface area contributed by atoms with Gasteiger partial charge in [-0.3, -0.25) is 9.69 Å². The molecule has 0 bridgehead atoms. The molecule has 0 unspecified atom stereocenters. The van der Waals surface area contributed by atoms with Gasteiger partial charge in [-0.1, -0.05) is 74.3 Å². The van der Waals surface area contributed by atoms with Gasteiger partial charge in [0.2, 0.25) is 0 Å². The lowest BCUT2D eigenvalue weighted by Gasteiger charge is -2.19. The Morgan fingerprint density at radius 2 is 1.72 bits per heavy atom. The van der Waals surface area contributed by atoms with Crippen molar-refractivity contribution in [2.24, 2.45) is 4.99 Å². The molecule has 0 N–H and O–H groups in total. The van der Waals surface area contributed by atoms with Gasteiger partial charge in [-0.25, -0.2) is 4.99 Å². The predicted molar refractivity (Wildman–Crippen MR) is 123 cm³/mol. The van der Waals surface area contributed by atoms with Crippen LogP contribution >= 0.6 is 31.9 Å². The highest BCUT2D eigenvalue weighted by Crippen LogP contribution is 2.32. The summed E-state index contributed by atoms with van der Waals surface area (Å²) in [4.78, 5) is 19.7. The summed E-state index contributed by atoms with van der Waals surface area (Å²) < 4.78 is 7.17. The van der Waals surface area contributed by atoms with Gasteiger partial charge >= 0.3 is 0 Å². The number of methoxy groups -OCH3 is 1. The quantitative estimate of drug-likeness (QED) is 0.400. The number of halogens is 2. The first-order chi connectivity index (χ1) is 14.1. The number of hydrogen-bond acceptors (Lipinski definition) is 3. The summed E-state index contributed by atoms with van der Waals surface area (Å²) in [7, 11) is 1.61. The number of ether oxygens (including phenoxy) is 1. The fraction of sp³-hybridized carbons (Fsp3) is 0.0435. The van der Waals surface area contributed by atoms with Crippen LogP contribution in [0, 0.1) is 0 Å². The Hall–Kier alpha value is -2.70. The highest BCUT2D eigenvalue weighted by atomic mass is 79.9. The van der Waals surface area contributed by atoms with E-state index in [1.807, 2.05) is 72.8 Å².